The first-order valence-electron chi connectivity index (χ1n) is 13.5. The van der Waals surface area contributed by atoms with Gasteiger partial charge in [0.05, 0.1) is 0 Å². The third-order valence-electron chi connectivity index (χ3n) is 6.71. The zero-order valence-corrected chi connectivity index (χ0v) is 23.6. The summed E-state index contributed by atoms with van der Waals surface area (Å²) in [5, 5.41) is 3.64. The molecular weight excluding hydrogens is 416 g/mol. The van der Waals surface area contributed by atoms with Crippen LogP contribution in [0.2, 0.25) is 6.04 Å². The molecule has 0 saturated heterocycles. The van der Waals surface area contributed by atoms with E-state index in [0.717, 1.165) is 6.54 Å². The van der Waals surface area contributed by atoms with E-state index in [4.69, 9.17) is 19.0 Å². The van der Waals surface area contributed by atoms with E-state index >= 15 is 0 Å². The molecule has 0 heterocycles. The van der Waals surface area contributed by atoms with Crippen molar-refractivity contribution in [3.05, 3.63) is 0 Å². The molecule has 0 saturated carbocycles. The number of unbranched alkanes of at least 4 members (excludes halogenated alkanes) is 15. The first kappa shape index (κ1) is 32.0. The molecule has 194 valence electrons. The molecule has 0 aromatic rings. The van der Waals surface area contributed by atoms with E-state index in [1.807, 2.05) is 0 Å². The highest BCUT2D eigenvalue weighted by molar-refractivity contribution is 6.60. The first-order valence-corrected chi connectivity index (χ1v) is 15.5. The minimum absolute atomic E-state index is 0.102. The van der Waals surface area contributed by atoms with Crippen LogP contribution in [-0.4, -0.2) is 48.3 Å². The topological polar surface area (TPSA) is 65.7 Å². The van der Waals surface area contributed by atoms with Crippen molar-refractivity contribution in [1.29, 1.82) is 0 Å². The normalized spacial score (nSPS) is 13.6. The average Bonchev–Trinajstić information content (AvgIpc) is 2.77. The monoisotopic (exact) mass is 474 g/mol. The van der Waals surface area contributed by atoms with Crippen LogP contribution >= 0.6 is 0 Å². The fraction of sp³-hybridized carbons (Fsp3) is 1.00. The second-order valence-electron chi connectivity index (χ2n) is 10.1. The molecule has 1 atom stereocenters. The Kier molecular flexibility index (Phi) is 20.4. The van der Waals surface area contributed by atoms with E-state index in [2.05, 4.69) is 26.1 Å². The standard InChI is InChI=1S/C26H58N2O3Si/c1-7-8-9-10-11-12-13-14-15-16-17-18-19-20-21-22-23-28-25(26(2,3)27)24-32(29-4,30-5)31-6/h25,28H,7-24,27H2,1-6H3. The Hall–Kier alpha value is 0.0169. The van der Waals surface area contributed by atoms with Crippen LogP contribution in [0.15, 0.2) is 0 Å². The van der Waals surface area contributed by atoms with Gasteiger partial charge in [-0.15, -0.1) is 0 Å². The number of nitrogens with one attached hydrogen (secondary N) is 1. The second-order valence-corrected chi connectivity index (χ2v) is 13.1. The third-order valence-corrected chi connectivity index (χ3v) is 9.48. The minimum atomic E-state index is -2.65. The van der Waals surface area contributed by atoms with Crippen LogP contribution in [0.4, 0.5) is 0 Å². The van der Waals surface area contributed by atoms with Gasteiger partial charge in [0, 0.05) is 39.0 Å². The lowest BCUT2D eigenvalue weighted by molar-refractivity contribution is 0.116. The van der Waals surface area contributed by atoms with Gasteiger partial charge in [-0.2, -0.15) is 0 Å². The van der Waals surface area contributed by atoms with Crippen molar-refractivity contribution in [3.63, 3.8) is 0 Å². The average molecular weight is 475 g/mol. The van der Waals surface area contributed by atoms with Gasteiger partial charge in [-0.1, -0.05) is 103 Å². The Bertz CT molecular complexity index is 393. The smallest absolute Gasteiger partial charge is 0.377 e. The fourth-order valence-electron chi connectivity index (χ4n) is 4.30. The molecule has 1 unspecified atom stereocenters. The van der Waals surface area contributed by atoms with Gasteiger partial charge in [0.2, 0.25) is 0 Å². The lowest BCUT2D eigenvalue weighted by Crippen LogP contribution is -2.59. The number of nitrogens with two attached hydrogens (primary N) is 1. The zero-order valence-electron chi connectivity index (χ0n) is 22.6. The van der Waals surface area contributed by atoms with E-state index in [1.54, 1.807) is 21.3 Å². The lowest BCUT2D eigenvalue weighted by Gasteiger charge is -2.36. The summed E-state index contributed by atoms with van der Waals surface area (Å²) in [6.45, 7) is 7.37. The Morgan fingerprint density at radius 2 is 1.00 bits per heavy atom. The van der Waals surface area contributed by atoms with Crippen molar-refractivity contribution in [3.8, 4) is 0 Å². The van der Waals surface area contributed by atoms with Gasteiger partial charge in [0.1, 0.15) is 0 Å². The molecule has 0 rings (SSSR count). The van der Waals surface area contributed by atoms with E-state index in [-0.39, 0.29) is 11.6 Å². The molecule has 0 amide bonds. The van der Waals surface area contributed by atoms with Crippen LogP contribution in [0.1, 0.15) is 124 Å². The summed E-state index contributed by atoms with van der Waals surface area (Å²) in [6, 6.07) is 0.782. The number of hydrogen-bond acceptors (Lipinski definition) is 5. The van der Waals surface area contributed by atoms with E-state index in [1.165, 1.54) is 103 Å². The van der Waals surface area contributed by atoms with E-state index in [9.17, 15) is 0 Å². The predicted molar refractivity (Wildman–Crippen MR) is 141 cm³/mol. The quantitative estimate of drug-likeness (QED) is 0.119. The maximum absolute atomic E-state index is 6.42. The van der Waals surface area contributed by atoms with E-state index in [0.29, 0.717) is 6.04 Å². The summed E-state index contributed by atoms with van der Waals surface area (Å²) in [4.78, 5) is 0. The molecule has 0 aromatic heterocycles. The summed E-state index contributed by atoms with van der Waals surface area (Å²) < 4.78 is 16.8. The number of hydrogen-bond donors (Lipinski definition) is 2. The van der Waals surface area contributed by atoms with Gasteiger partial charge >= 0.3 is 8.80 Å². The first-order chi connectivity index (χ1) is 15.3. The Balaban J connectivity index is 3.68. The molecule has 32 heavy (non-hydrogen) atoms. The molecule has 0 aliphatic carbocycles. The lowest BCUT2D eigenvalue weighted by atomic mass is 9.97. The number of rotatable bonds is 24. The van der Waals surface area contributed by atoms with Crippen molar-refractivity contribution < 1.29 is 13.3 Å². The Morgan fingerprint density at radius 3 is 1.31 bits per heavy atom. The summed E-state index contributed by atoms with van der Waals surface area (Å²) in [7, 11) is 2.34. The predicted octanol–water partition coefficient (Wildman–Crippen LogP) is 6.82. The van der Waals surface area contributed by atoms with Crippen LogP contribution in [0, 0.1) is 0 Å². The minimum Gasteiger partial charge on any atom is -0.377 e. The molecule has 3 N–H and O–H groups in total. The van der Waals surface area contributed by atoms with Crippen molar-refractivity contribution in [2.24, 2.45) is 5.73 Å². The Morgan fingerprint density at radius 1 is 0.656 bits per heavy atom. The van der Waals surface area contributed by atoms with Gasteiger partial charge in [0.15, 0.2) is 0 Å². The van der Waals surface area contributed by atoms with Gasteiger partial charge in [-0.3, -0.25) is 0 Å². The van der Waals surface area contributed by atoms with E-state index < -0.39 is 8.80 Å². The zero-order chi connectivity index (χ0) is 24.1. The molecule has 5 nitrogen and oxygen atoms in total. The molecule has 6 heteroatoms. The van der Waals surface area contributed by atoms with Crippen molar-refractivity contribution in [2.45, 2.75) is 141 Å². The maximum Gasteiger partial charge on any atom is 0.501 e. The van der Waals surface area contributed by atoms with Crippen LogP contribution in [0.5, 0.6) is 0 Å². The maximum atomic E-state index is 6.42. The fourth-order valence-corrected chi connectivity index (χ4v) is 6.47. The summed E-state index contributed by atoms with van der Waals surface area (Å²) in [5.74, 6) is 0. The molecule has 0 spiro atoms. The molecule has 0 aromatic carbocycles. The highest BCUT2D eigenvalue weighted by Crippen LogP contribution is 2.21. The van der Waals surface area contributed by atoms with Gasteiger partial charge in [0.25, 0.3) is 0 Å². The molecule has 0 fully saturated rings. The molecule has 0 bridgehead atoms. The van der Waals surface area contributed by atoms with Crippen molar-refractivity contribution >= 4 is 8.80 Å². The van der Waals surface area contributed by atoms with Crippen molar-refractivity contribution in [1.82, 2.24) is 5.32 Å². The third kappa shape index (κ3) is 16.6. The highest BCUT2D eigenvalue weighted by Gasteiger charge is 2.43. The van der Waals surface area contributed by atoms with Crippen LogP contribution < -0.4 is 11.1 Å². The molecule has 0 radical (unpaired) electrons. The summed E-state index contributed by atoms with van der Waals surface area (Å²) in [6.07, 6.45) is 22.3. The largest absolute Gasteiger partial charge is 0.501 e. The highest BCUT2D eigenvalue weighted by atomic mass is 28.4. The summed E-state index contributed by atoms with van der Waals surface area (Å²) in [5.41, 5.74) is 6.06. The van der Waals surface area contributed by atoms with Crippen molar-refractivity contribution in [2.75, 3.05) is 27.9 Å². The van der Waals surface area contributed by atoms with Gasteiger partial charge in [-0.25, -0.2) is 0 Å². The van der Waals surface area contributed by atoms with Crippen LogP contribution in [-0.2, 0) is 13.3 Å². The summed E-state index contributed by atoms with van der Waals surface area (Å²) >= 11 is 0. The Labute approximate surface area is 202 Å². The molecule has 0 aliphatic heterocycles. The van der Waals surface area contributed by atoms with Gasteiger partial charge < -0.3 is 24.3 Å². The second kappa shape index (κ2) is 20.4. The van der Waals surface area contributed by atoms with Gasteiger partial charge in [-0.05, 0) is 26.8 Å². The van der Waals surface area contributed by atoms with Crippen LogP contribution in [0.25, 0.3) is 0 Å². The molecule has 0 aliphatic rings. The SMILES string of the molecule is CCCCCCCCCCCCCCCCCCNC(C[Si](OC)(OC)OC)C(C)(C)N. The van der Waals surface area contributed by atoms with Crippen LogP contribution in [0.3, 0.4) is 0 Å². The molecular formula is C26H58N2O3Si.